The number of piperazine rings is 1. The Labute approximate surface area is 80.5 Å². The van der Waals surface area contributed by atoms with E-state index in [1.807, 2.05) is 14.0 Å². The molecule has 0 aromatic carbocycles. The Balaban J connectivity index is 2.41. The van der Waals surface area contributed by atoms with E-state index >= 15 is 0 Å². The van der Waals surface area contributed by atoms with Crippen molar-refractivity contribution in [1.29, 1.82) is 0 Å². The maximum Gasteiger partial charge on any atom is 0.0860 e. The van der Waals surface area contributed by atoms with E-state index in [1.165, 1.54) is 0 Å². The summed E-state index contributed by atoms with van der Waals surface area (Å²) in [7, 11) is 4.03. The molecule has 0 aromatic heterocycles. The van der Waals surface area contributed by atoms with Crippen LogP contribution in [-0.4, -0.2) is 67.5 Å². The molecule has 0 aliphatic carbocycles. The number of nitrogens with one attached hydrogen (secondary N) is 1. The van der Waals surface area contributed by atoms with Crippen molar-refractivity contribution >= 4 is 0 Å². The van der Waals surface area contributed by atoms with Gasteiger partial charge in [-0.05, 0) is 21.0 Å². The molecule has 0 aromatic rings. The zero-order valence-electron chi connectivity index (χ0n) is 8.82. The number of hydrogen-bond donors (Lipinski definition) is 2. The highest BCUT2D eigenvalue weighted by Gasteiger charge is 2.24. The molecule has 1 fully saturated rings. The molecular formula is C9H21N3O. The van der Waals surface area contributed by atoms with Crippen LogP contribution >= 0.6 is 0 Å². The van der Waals surface area contributed by atoms with Crippen LogP contribution in [0.3, 0.4) is 0 Å². The van der Waals surface area contributed by atoms with E-state index in [4.69, 9.17) is 0 Å². The summed E-state index contributed by atoms with van der Waals surface area (Å²) in [6.45, 7) is 6.08. The van der Waals surface area contributed by atoms with Crippen molar-refractivity contribution in [3.8, 4) is 0 Å². The van der Waals surface area contributed by atoms with Gasteiger partial charge in [0.2, 0.25) is 0 Å². The van der Waals surface area contributed by atoms with Crippen LogP contribution in [0.4, 0.5) is 0 Å². The molecule has 2 atom stereocenters. The molecule has 13 heavy (non-hydrogen) atoms. The number of nitrogens with zero attached hydrogens (tertiary/aromatic N) is 2. The van der Waals surface area contributed by atoms with E-state index < -0.39 is 0 Å². The van der Waals surface area contributed by atoms with Crippen LogP contribution in [-0.2, 0) is 0 Å². The maximum absolute atomic E-state index is 9.51. The van der Waals surface area contributed by atoms with Crippen molar-refractivity contribution in [3.05, 3.63) is 0 Å². The molecular weight excluding hydrogens is 166 g/mol. The molecule has 0 radical (unpaired) electrons. The van der Waals surface area contributed by atoms with Crippen molar-refractivity contribution in [2.75, 3.05) is 40.3 Å². The van der Waals surface area contributed by atoms with Crippen molar-refractivity contribution in [3.63, 3.8) is 0 Å². The summed E-state index contributed by atoms with van der Waals surface area (Å²) < 4.78 is 0. The van der Waals surface area contributed by atoms with Gasteiger partial charge < -0.3 is 15.3 Å². The highest BCUT2D eigenvalue weighted by molar-refractivity contribution is 4.78. The number of rotatable bonds is 3. The van der Waals surface area contributed by atoms with Crippen LogP contribution in [0, 0.1) is 0 Å². The predicted molar refractivity (Wildman–Crippen MR) is 53.6 cm³/mol. The van der Waals surface area contributed by atoms with Gasteiger partial charge in [0.15, 0.2) is 0 Å². The minimum atomic E-state index is -0.312. The highest BCUT2D eigenvalue weighted by atomic mass is 16.3. The Morgan fingerprint density at radius 1 is 1.23 bits per heavy atom. The number of hydrogen-bond acceptors (Lipinski definition) is 4. The average molecular weight is 187 g/mol. The molecule has 1 saturated heterocycles. The summed E-state index contributed by atoms with van der Waals surface area (Å²) >= 11 is 0. The normalized spacial score (nSPS) is 25.8. The lowest BCUT2D eigenvalue weighted by molar-refractivity contribution is 0.0193. The monoisotopic (exact) mass is 187 g/mol. The van der Waals surface area contributed by atoms with E-state index in [9.17, 15) is 5.11 Å². The van der Waals surface area contributed by atoms with Gasteiger partial charge in [-0.25, -0.2) is 0 Å². The molecule has 1 heterocycles. The topological polar surface area (TPSA) is 38.7 Å². The average Bonchev–Trinajstić information content (AvgIpc) is 2.09. The maximum atomic E-state index is 9.51. The molecule has 1 aliphatic rings. The van der Waals surface area contributed by atoms with Gasteiger partial charge in [-0.2, -0.15) is 0 Å². The van der Waals surface area contributed by atoms with Gasteiger partial charge in [0.1, 0.15) is 0 Å². The number of aliphatic hydroxyl groups is 1. The third kappa shape index (κ3) is 2.91. The smallest absolute Gasteiger partial charge is 0.0860 e. The minimum Gasteiger partial charge on any atom is -0.390 e. The fourth-order valence-corrected chi connectivity index (χ4v) is 1.83. The first-order valence-electron chi connectivity index (χ1n) is 4.93. The molecule has 1 rings (SSSR count). The first kappa shape index (κ1) is 10.9. The Kier molecular flexibility index (Phi) is 4.12. The molecule has 4 heteroatoms. The molecule has 0 bridgehead atoms. The van der Waals surface area contributed by atoms with Crippen LogP contribution in [0.2, 0.25) is 0 Å². The summed E-state index contributed by atoms with van der Waals surface area (Å²) in [5.41, 5.74) is 0. The summed E-state index contributed by atoms with van der Waals surface area (Å²) in [5.74, 6) is 0. The Bertz CT molecular complexity index is 144. The second-order valence-corrected chi connectivity index (χ2v) is 3.81. The lowest BCUT2D eigenvalue weighted by Gasteiger charge is -2.38. The fraction of sp³-hybridized carbons (Fsp3) is 1.00. The second kappa shape index (κ2) is 4.91. The van der Waals surface area contributed by atoms with E-state index in [0.29, 0.717) is 0 Å². The first-order chi connectivity index (χ1) is 6.15. The zero-order chi connectivity index (χ0) is 9.84. The van der Waals surface area contributed by atoms with Crippen LogP contribution in [0.25, 0.3) is 0 Å². The van der Waals surface area contributed by atoms with Crippen molar-refractivity contribution in [2.45, 2.75) is 19.2 Å². The lowest BCUT2D eigenvalue weighted by atomic mass is 10.2. The minimum absolute atomic E-state index is 0.105. The fourth-order valence-electron chi connectivity index (χ4n) is 1.83. The van der Waals surface area contributed by atoms with Gasteiger partial charge in [0.05, 0.1) is 12.3 Å². The Morgan fingerprint density at radius 3 is 2.15 bits per heavy atom. The van der Waals surface area contributed by atoms with Gasteiger partial charge in [0.25, 0.3) is 0 Å². The molecule has 4 nitrogen and oxygen atoms in total. The largest absolute Gasteiger partial charge is 0.390 e. The van der Waals surface area contributed by atoms with E-state index in [1.54, 1.807) is 0 Å². The summed E-state index contributed by atoms with van der Waals surface area (Å²) in [4.78, 5) is 4.61. The molecule has 2 unspecified atom stereocenters. The van der Waals surface area contributed by atoms with Crippen LogP contribution in [0.1, 0.15) is 6.92 Å². The zero-order valence-corrected chi connectivity index (χ0v) is 8.82. The number of aliphatic hydroxyl groups excluding tert-OH is 1. The lowest BCUT2D eigenvalue weighted by Crippen LogP contribution is -2.57. The standard InChI is InChI=1S/C9H21N3O/c1-8(13)9(10-2)12-6-4-11(3)5-7-12/h8-10,13H,4-7H2,1-3H3. The Morgan fingerprint density at radius 2 is 1.77 bits per heavy atom. The van der Waals surface area contributed by atoms with Crippen LogP contribution in [0.5, 0.6) is 0 Å². The van der Waals surface area contributed by atoms with E-state index in [2.05, 4.69) is 22.2 Å². The third-order valence-electron chi connectivity index (χ3n) is 2.68. The van der Waals surface area contributed by atoms with E-state index in [-0.39, 0.29) is 12.3 Å². The van der Waals surface area contributed by atoms with Gasteiger partial charge in [-0.1, -0.05) is 0 Å². The van der Waals surface area contributed by atoms with Gasteiger partial charge in [0, 0.05) is 26.2 Å². The second-order valence-electron chi connectivity index (χ2n) is 3.81. The van der Waals surface area contributed by atoms with Crippen LogP contribution in [0.15, 0.2) is 0 Å². The molecule has 0 spiro atoms. The van der Waals surface area contributed by atoms with Crippen molar-refractivity contribution in [2.24, 2.45) is 0 Å². The molecule has 2 N–H and O–H groups in total. The van der Waals surface area contributed by atoms with E-state index in [0.717, 1.165) is 26.2 Å². The molecule has 0 saturated carbocycles. The highest BCUT2D eigenvalue weighted by Crippen LogP contribution is 2.05. The van der Waals surface area contributed by atoms with Gasteiger partial charge in [-0.3, -0.25) is 4.90 Å². The SMILES string of the molecule is CNC(C(C)O)N1CCN(C)CC1. The summed E-state index contributed by atoms with van der Waals surface area (Å²) in [5, 5.41) is 12.7. The quantitative estimate of drug-likeness (QED) is 0.604. The molecule has 78 valence electrons. The first-order valence-corrected chi connectivity index (χ1v) is 4.93. The van der Waals surface area contributed by atoms with Crippen LogP contribution < -0.4 is 5.32 Å². The summed E-state index contributed by atoms with van der Waals surface area (Å²) in [6, 6.07) is 0. The van der Waals surface area contributed by atoms with Crippen molar-refractivity contribution < 1.29 is 5.11 Å². The third-order valence-corrected chi connectivity index (χ3v) is 2.68. The molecule has 0 amide bonds. The number of likely N-dealkylation sites (N-methyl/N-ethyl adjacent to an activating group) is 2. The predicted octanol–water partition coefficient (Wildman–Crippen LogP) is -0.840. The Hall–Kier alpha value is -0.160. The molecule has 1 aliphatic heterocycles. The van der Waals surface area contributed by atoms with Gasteiger partial charge >= 0.3 is 0 Å². The van der Waals surface area contributed by atoms with Crippen molar-refractivity contribution in [1.82, 2.24) is 15.1 Å². The summed E-state index contributed by atoms with van der Waals surface area (Å²) in [6.07, 6.45) is -0.206. The van der Waals surface area contributed by atoms with Gasteiger partial charge in [-0.15, -0.1) is 0 Å².